The van der Waals surface area contributed by atoms with Crippen molar-refractivity contribution in [3.05, 3.63) is 77.1 Å². The molecule has 0 atom stereocenters. The number of nitriles is 1. The lowest BCUT2D eigenvalue weighted by Gasteiger charge is -2.10. The van der Waals surface area contributed by atoms with Crippen molar-refractivity contribution in [3.8, 4) is 17.3 Å². The minimum Gasteiger partial charge on any atom is -0.398 e. The van der Waals surface area contributed by atoms with Crippen LogP contribution in [-0.4, -0.2) is 14.4 Å². The lowest BCUT2D eigenvalue weighted by molar-refractivity contribution is 0.627. The first-order chi connectivity index (χ1) is 14.0. The van der Waals surface area contributed by atoms with Crippen molar-refractivity contribution in [2.24, 2.45) is 5.14 Å². The van der Waals surface area contributed by atoms with Crippen LogP contribution in [0.4, 0.5) is 10.1 Å². The van der Waals surface area contributed by atoms with Crippen molar-refractivity contribution in [2.45, 2.75) is 18.2 Å². The zero-order chi connectivity index (χ0) is 20.5. The zero-order valence-electron chi connectivity index (χ0n) is 15.6. The van der Waals surface area contributed by atoms with E-state index in [4.69, 9.17) is 10.9 Å². The van der Waals surface area contributed by atoms with E-state index in [0.717, 1.165) is 23.2 Å². The fourth-order valence-electron chi connectivity index (χ4n) is 3.30. The van der Waals surface area contributed by atoms with Gasteiger partial charge in [0.15, 0.2) is 0 Å². The molecule has 0 aliphatic carbocycles. The molecule has 0 aliphatic rings. The molecule has 8 heteroatoms. The second kappa shape index (κ2) is 7.54. The van der Waals surface area contributed by atoms with Gasteiger partial charge in [-0.3, -0.25) is 10.1 Å². The molecular formula is C21H17FN6S. The Balaban J connectivity index is 1.95. The number of fused-ring (bicyclic) bond motifs is 1. The number of nitrogen functional groups attached to an aromatic ring is 1. The van der Waals surface area contributed by atoms with Crippen LogP contribution in [-0.2, 0) is 6.42 Å². The highest BCUT2D eigenvalue weighted by Gasteiger charge is 2.21. The number of rotatable bonds is 4. The molecule has 4 rings (SSSR count). The summed E-state index contributed by atoms with van der Waals surface area (Å²) in [5.41, 5.74) is 10.8. The van der Waals surface area contributed by atoms with Crippen LogP contribution >= 0.6 is 11.9 Å². The number of nitrogens with two attached hydrogens (primary N) is 2. The third-order valence-electron chi connectivity index (χ3n) is 4.64. The highest BCUT2D eigenvalue weighted by atomic mass is 32.2. The molecule has 29 heavy (non-hydrogen) atoms. The fourth-order valence-corrected chi connectivity index (χ4v) is 3.67. The molecule has 0 amide bonds. The summed E-state index contributed by atoms with van der Waals surface area (Å²) in [7, 11) is 0. The molecule has 0 unspecified atom stereocenters. The standard InChI is InChI=1S/C21H17FN6S/c1-12-3-5-28-18(8-14-7-13(11-23)2-4-26-14)21(27-19(28)6-12)20-16(22)9-15(29-25)10-17(20)24/h2-7,9-10H,8,24-25H2,1H3. The summed E-state index contributed by atoms with van der Waals surface area (Å²) >= 11 is 0.933. The van der Waals surface area contributed by atoms with Crippen LogP contribution in [0, 0.1) is 24.1 Å². The summed E-state index contributed by atoms with van der Waals surface area (Å²) in [6.07, 6.45) is 3.84. The number of aryl methyl sites for hydroxylation is 1. The Morgan fingerprint density at radius 3 is 2.79 bits per heavy atom. The molecule has 0 saturated heterocycles. The van der Waals surface area contributed by atoms with Gasteiger partial charge in [-0.15, -0.1) is 0 Å². The van der Waals surface area contributed by atoms with Gasteiger partial charge in [-0.25, -0.2) is 9.37 Å². The van der Waals surface area contributed by atoms with E-state index in [0.29, 0.717) is 33.9 Å². The van der Waals surface area contributed by atoms with Crippen molar-refractivity contribution in [2.75, 3.05) is 5.73 Å². The Bertz CT molecular complexity index is 1250. The normalized spacial score (nSPS) is 11.0. The van der Waals surface area contributed by atoms with E-state index in [-0.39, 0.29) is 11.3 Å². The number of aromatic nitrogens is 3. The molecule has 0 spiro atoms. The van der Waals surface area contributed by atoms with Crippen LogP contribution in [0.1, 0.15) is 22.5 Å². The summed E-state index contributed by atoms with van der Waals surface area (Å²) in [4.78, 5) is 9.56. The Morgan fingerprint density at radius 1 is 1.24 bits per heavy atom. The SMILES string of the molecule is Cc1ccn2c(Cc3cc(C#N)ccn3)c(-c3c(N)cc(SN)cc3F)nc2c1. The van der Waals surface area contributed by atoms with E-state index in [1.165, 1.54) is 6.07 Å². The molecular weight excluding hydrogens is 387 g/mol. The number of anilines is 1. The monoisotopic (exact) mass is 404 g/mol. The lowest BCUT2D eigenvalue weighted by Crippen LogP contribution is -2.02. The summed E-state index contributed by atoms with van der Waals surface area (Å²) in [6.45, 7) is 1.97. The van der Waals surface area contributed by atoms with Gasteiger partial charge in [0.25, 0.3) is 0 Å². The Hall–Kier alpha value is -3.41. The fraction of sp³-hybridized carbons (Fsp3) is 0.0952. The van der Waals surface area contributed by atoms with Gasteiger partial charge in [0.1, 0.15) is 11.5 Å². The molecule has 4 aromatic rings. The molecule has 0 bridgehead atoms. The molecule has 0 saturated carbocycles. The second-order valence-corrected chi connectivity index (χ2v) is 7.36. The highest BCUT2D eigenvalue weighted by molar-refractivity contribution is 7.97. The Morgan fingerprint density at radius 2 is 2.07 bits per heavy atom. The van der Waals surface area contributed by atoms with E-state index in [9.17, 15) is 9.65 Å². The number of hydrogen-bond acceptors (Lipinski definition) is 6. The molecule has 144 valence electrons. The quantitative estimate of drug-likeness (QED) is 0.395. The first-order valence-corrected chi connectivity index (χ1v) is 9.67. The Labute approximate surface area is 171 Å². The number of nitrogens with zero attached hydrogens (tertiary/aromatic N) is 4. The number of hydrogen-bond donors (Lipinski definition) is 2. The van der Waals surface area contributed by atoms with Crippen LogP contribution < -0.4 is 10.9 Å². The van der Waals surface area contributed by atoms with E-state index < -0.39 is 5.82 Å². The predicted octanol–water partition coefficient (Wildman–Crippen LogP) is 3.85. The smallest absolute Gasteiger partial charge is 0.137 e. The second-order valence-electron chi connectivity index (χ2n) is 6.65. The van der Waals surface area contributed by atoms with Crippen molar-refractivity contribution in [1.29, 1.82) is 5.26 Å². The van der Waals surface area contributed by atoms with Crippen molar-refractivity contribution >= 4 is 23.3 Å². The van der Waals surface area contributed by atoms with Gasteiger partial charge in [-0.05, 0) is 60.8 Å². The largest absolute Gasteiger partial charge is 0.398 e. The van der Waals surface area contributed by atoms with Crippen LogP contribution in [0.2, 0.25) is 0 Å². The van der Waals surface area contributed by atoms with Crippen LogP contribution in [0.3, 0.4) is 0 Å². The third kappa shape index (κ3) is 3.53. The number of benzene rings is 1. The third-order valence-corrected chi connectivity index (χ3v) is 5.15. The first-order valence-electron chi connectivity index (χ1n) is 8.79. The van der Waals surface area contributed by atoms with Gasteiger partial charge < -0.3 is 10.1 Å². The maximum absolute atomic E-state index is 15.0. The lowest BCUT2D eigenvalue weighted by atomic mass is 10.0. The van der Waals surface area contributed by atoms with Gasteiger partial charge in [-0.1, -0.05) is 0 Å². The highest BCUT2D eigenvalue weighted by Crippen LogP contribution is 2.35. The zero-order valence-corrected chi connectivity index (χ0v) is 16.4. The molecule has 6 nitrogen and oxygen atoms in total. The van der Waals surface area contributed by atoms with Crippen LogP contribution in [0.5, 0.6) is 0 Å². The van der Waals surface area contributed by atoms with E-state index in [1.54, 1.807) is 24.4 Å². The van der Waals surface area contributed by atoms with E-state index in [2.05, 4.69) is 16.0 Å². The average Bonchev–Trinajstić information content (AvgIpc) is 3.04. The minimum atomic E-state index is -0.488. The summed E-state index contributed by atoms with van der Waals surface area (Å²) in [5, 5.41) is 14.7. The average molecular weight is 404 g/mol. The number of pyridine rings is 2. The number of imidazole rings is 1. The summed E-state index contributed by atoms with van der Waals surface area (Å²) < 4.78 is 16.9. The number of halogens is 1. The topological polar surface area (TPSA) is 106 Å². The molecule has 0 radical (unpaired) electrons. The maximum Gasteiger partial charge on any atom is 0.137 e. The minimum absolute atomic E-state index is 0.232. The van der Waals surface area contributed by atoms with Gasteiger partial charge in [0, 0.05) is 35.1 Å². The van der Waals surface area contributed by atoms with Crippen LogP contribution in [0.25, 0.3) is 16.9 Å². The van der Waals surface area contributed by atoms with E-state index >= 15 is 0 Å². The van der Waals surface area contributed by atoms with Crippen molar-refractivity contribution in [1.82, 2.24) is 14.4 Å². The Kier molecular flexibility index (Phi) is 4.92. The van der Waals surface area contributed by atoms with Crippen molar-refractivity contribution in [3.63, 3.8) is 0 Å². The van der Waals surface area contributed by atoms with Crippen LogP contribution in [0.15, 0.2) is 53.7 Å². The van der Waals surface area contributed by atoms with Crippen molar-refractivity contribution < 1.29 is 4.39 Å². The van der Waals surface area contributed by atoms with E-state index in [1.807, 2.05) is 29.7 Å². The predicted molar refractivity (Wildman–Crippen MR) is 112 cm³/mol. The van der Waals surface area contributed by atoms with Gasteiger partial charge in [0.05, 0.1) is 28.6 Å². The van der Waals surface area contributed by atoms with Gasteiger partial charge in [-0.2, -0.15) is 5.26 Å². The molecule has 3 heterocycles. The molecule has 0 aliphatic heterocycles. The summed E-state index contributed by atoms with van der Waals surface area (Å²) in [6, 6.07) is 12.3. The van der Waals surface area contributed by atoms with Gasteiger partial charge >= 0.3 is 0 Å². The molecule has 0 fully saturated rings. The molecule has 4 N–H and O–H groups in total. The first kappa shape index (κ1) is 18.9. The molecule has 1 aromatic carbocycles. The summed E-state index contributed by atoms with van der Waals surface area (Å²) in [5.74, 6) is -0.488. The maximum atomic E-state index is 15.0. The molecule has 3 aromatic heterocycles. The van der Waals surface area contributed by atoms with Gasteiger partial charge in [0.2, 0.25) is 0 Å².